The molecule has 0 heterocycles. The van der Waals surface area contributed by atoms with Crippen LogP contribution in [0, 0.1) is 12.3 Å². The summed E-state index contributed by atoms with van der Waals surface area (Å²) in [6, 6.07) is 5.41. The molecule has 0 aliphatic heterocycles. The number of carboxylic acids is 1. The fraction of sp³-hybridized carbons (Fsp3) is 0.529. The van der Waals surface area contributed by atoms with E-state index in [2.05, 4.69) is 5.32 Å². The van der Waals surface area contributed by atoms with Crippen LogP contribution in [0.4, 0.5) is 5.69 Å². The van der Waals surface area contributed by atoms with Gasteiger partial charge in [0.1, 0.15) is 5.75 Å². The van der Waals surface area contributed by atoms with Crippen LogP contribution in [0.25, 0.3) is 0 Å². The second-order valence-corrected chi connectivity index (χ2v) is 5.43. The molecule has 0 saturated carbocycles. The highest BCUT2D eigenvalue weighted by Gasteiger charge is 2.37. The molecule has 0 unspecified atom stereocenters. The van der Waals surface area contributed by atoms with Crippen LogP contribution in [0.15, 0.2) is 18.2 Å². The van der Waals surface area contributed by atoms with E-state index in [1.807, 2.05) is 19.9 Å². The standard InChI is InChI=1S/C17H25NO4/c1-5-17(6-2,16(20)21)11-15(19)18-13-9-8-12(4)14(10-13)22-7-3/h8-10H,5-7,11H2,1-4H3,(H,18,19)(H,20,21). The third-order valence-corrected chi connectivity index (χ3v) is 4.08. The van der Waals surface area contributed by atoms with Crippen LogP contribution in [-0.4, -0.2) is 23.6 Å². The zero-order chi connectivity index (χ0) is 16.8. The Labute approximate surface area is 131 Å². The van der Waals surface area contributed by atoms with Crippen molar-refractivity contribution in [3.8, 4) is 5.75 Å². The second kappa shape index (κ2) is 7.82. The lowest BCUT2D eigenvalue weighted by atomic mass is 9.79. The van der Waals surface area contributed by atoms with Gasteiger partial charge in [-0.3, -0.25) is 9.59 Å². The predicted molar refractivity (Wildman–Crippen MR) is 86.2 cm³/mol. The summed E-state index contributed by atoms with van der Waals surface area (Å²) in [5.41, 5.74) is 0.602. The molecule has 2 N–H and O–H groups in total. The van der Waals surface area contributed by atoms with Crippen molar-refractivity contribution in [3.05, 3.63) is 23.8 Å². The lowest BCUT2D eigenvalue weighted by Gasteiger charge is -2.25. The van der Waals surface area contributed by atoms with Crippen LogP contribution in [0.2, 0.25) is 0 Å². The van der Waals surface area contributed by atoms with Crippen molar-refractivity contribution in [2.24, 2.45) is 5.41 Å². The van der Waals surface area contributed by atoms with Gasteiger partial charge in [-0.25, -0.2) is 0 Å². The topological polar surface area (TPSA) is 75.6 Å². The maximum absolute atomic E-state index is 12.2. The van der Waals surface area contributed by atoms with Gasteiger partial charge in [-0.1, -0.05) is 19.9 Å². The maximum Gasteiger partial charge on any atom is 0.310 e. The van der Waals surface area contributed by atoms with Gasteiger partial charge in [0.15, 0.2) is 0 Å². The summed E-state index contributed by atoms with van der Waals surface area (Å²) < 4.78 is 5.49. The third-order valence-electron chi connectivity index (χ3n) is 4.08. The Kier molecular flexibility index (Phi) is 6.40. The summed E-state index contributed by atoms with van der Waals surface area (Å²) in [5, 5.41) is 12.2. The van der Waals surface area contributed by atoms with E-state index in [9.17, 15) is 14.7 Å². The molecule has 0 saturated heterocycles. The van der Waals surface area contributed by atoms with Crippen molar-refractivity contribution < 1.29 is 19.4 Å². The van der Waals surface area contributed by atoms with Gasteiger partial charge in [-0.2, -0.15) is 0 Å². The molecule has 122 valence electrons. The van der Waals surface area contributed by atoms with Crippen LogP contribution in [0.5, 0.6) is 5.75 Å². The molecular formula is C17H25NO4. The largest absolute Gasteiger partial charge is 0.494 e. The first kappa shape index (κ1) is 18.0. The van der Waals surface area contributed by atoms with E-state index in [-0.39, 0.29) is 12.3 Å². The van der Waals surface area contributed by atoms with Crippen LogP contribution >= 0.6 is 0 Å². The minimum Gasteiger partial charge on any atom is -0.494 e. The summed E-state index contributed by atoms with van der Waals surface area (Å²) in [6.07, 6.45) is 0.807. The minimum atomic E-state index is -1.00. The molecule has 1 aromatic rings. The normalized spacial score (nSPS) is 11.1. The van der Waals surface area contributed by atoms with Crippen molar-refractivity contribution in [2.45, 2.75) is 47.0 Å². The monoisotopic (exact) mass is 307 g/mol. The Balaban J connectivity index is 2.84. The molecule has 1 rings (SSSR count). The molecule has 1 aromatic carbocycles. The Hall–Kier alpha value is -2.04. The van der Waals surface area contributed by atoms with Gasteiger partial charge in [0.2, 0.25) is 5.91 Å². The quantitative estimate of drug-likeness (QED) is 0.769. The Morgan fingerprint density at radius 2 is 1.86 bits per heavy atom. The maximum atomic E-state index is 12.2. The SMILES string of the molecule is CCOc1cc(NC(=O)CC(CC)(CC)C(=O)O)ccc1C. The number of carboxylic acid groups (broad SMARTS) is 1. The van der Waals surface area contributed by atoms with Gasteiger partial charge >= 0.3 is 5.97 Å². The summed E-state index contributed by atoms with van der Waals surface area (Å²) in [4.78, 5) is 23.6. The van der Waals surface area contributed by atoms with Crippen molar-refractivity contribution in [2.75, 3.05) is 11.9 Å². The molecule has 0 aliphatic rings. The Morgan fingerprint density at radius 1 is 1.23 bits per heavy atom. The molecular weight excluding hydrogens is 282 g/mol. The number of carbonyl (C=O) groups excluding carboxylic acids is 1. The van der Waals surface area contributed by atoms with E-state index in [4.69, 9.17) is 4.74 Å². The van der Waals surface area contributed by atoms with E-state index in [1.54, 1.807) is 26.0 Å². The molecule has 0 radical (unpaired) electrons. The van der Waals surface area contributed by atoms with E-state index < -0.39 is 11.4 Å². The average molecular weight is 307 g/mol. The van der Waals surface area contributed by atoms with Gasteiger partial charge in [-0.05, 0) is 38.3 Å². The van der Waals surface area contributed by atoms with E-state index in [0.29, 0.717) is 25.1 Å². The highest BCUT2D eigenvalue weighted by molar-refractivity contribution is 5.94. The average Bonchev–Trinajstić information content (AvgIpc) is 2.48. The number of amides is 1. The minimum absolute atomic E-state index is 0.0345. The third kappa shape index (κ3) is 4.23. The summed E-state index contributed by atoms with van der Waals surface area (Å²) in [5.74, 6) is -0.500. The van der Waals surface area contributed by atoms with Crippen LogP contribution in [0.1, 0.15) is 45.6 Å². The predicted octanol–water partition coefficient (Wildman–Crippen LogP) is 3.61. The van der Waals surface area contributed by atoms with E-state index in [0.717, 1.165) is 11.3 Å². The van der Waals surface area contributed by atoms with Gasteiger partial charge in [-0.15, -0.1) is 0 Å². The lowest BCUT2D eigenvalue weighted by molar-refractivity contribution is -0.151. The van der Waals surface area contributed by atoms with Crippen LogP contribution in [0.3, 0.4) is 0 Å². The van der Waals surface area contributed by atoms with Crippen molar-refractivity contribution in [1.29, 1.82) is 0 Å². The molecule has 22 heavy (non-hydrogen) atoms. The number of anilines is 1. The molecule has 5 nitrogen and oxygen atoms in total. The van der Waals surface area contributed by atoms with Crippen molar-refractivity contribution in [3.63, 3.8) is 0 Å². The summed E-state index contributed by atoms with van der Waals surface area (Å²) in [6.45, 7) is 7.97. The molecule has 0 fully saturated rings. The number of rotatable bonds is 8. The molecule has 0 aromatic heterocycles. The fourth-order valence-electron chi connectivity index (χ4n) is 2.38. The molecule has 0 aliphatic carbocycles. The van der Waals surface area contributed by atoms with Gasteiger partial charge in [0, 0.05) is 18.2 Å². The van der Waals surface area contributed by atoms with Crippen molar-refractivity contribution >= 4 is 17.6 Å². The van der Waals surface area contributed by atoms with E-state index >= 15 is 0 Å². The number of hydrogen-bond donors (Lipinski definition) is 2. The molecule has 0 spiro atoms. The highest BCUT2D eigenvalue weighted by Crippen LogP contribution is 2.31. The molecule has 0 atom stereocenters. The lowest BCUT2D eigenvalue weighted by Crippen LogP contribution is -2.34. The zero-order valence-electron chi connectivity index (χ0n) is 13.7. The first-order valence-corrected chi connectivity index (χ1v) is 7.65. The fourth-order valence-corrected chi connectivity index (χ4v) is 2.38. The number of aliphatic carboxylic acids is 1. The van der Waals surface area contributed by atoms with Crippen LogP contribution in [-0.2, 0) is 9.59 Å². The smallest absolute Gasteiger partial charge is 0.310 e. The molecule has 1 amide bonds. The number of aryl methyl sites for hydroxylation is 1. The highest BCUT2D eigenvalue weighted by atomic mass is 16.5. The van der Waals surface area contributed by atoms with Gasteiger partial charge < -0.3 is 15.2 Å². The summed E-state index contributed by atoms with van der Waals surface area (Å²) >= 11 is 0. The second-order valence-electron chi connectivity index (χ2n) is 5.43. The molecule has 5 heteroatoms. The number of nitrogens with one attached hydrogen (secondary N) is 1. The van der Waals surface area contributed by atoms with Crippen LogP contribution < -0.4 is 10.1 Å². The van der Waals surface area contributed by atoms with E-state index in [1.165, 1.54) is 0 Å². The first-order valence-electron chi connectivity index (χ1n) is 7.65. The first-order chi connectivity index (χ1) is 10.4. The summed E-state index contributed by atoms with van der Waals surface area (Å²) in [7, 11) is 0. The van der Waals surface area contributed by atoms with Crippen molar-refractivity contribution in [1.82, 2.24) is 0 Å². The number of hydrogen-bond acceptors (Lipinski definition) is 3. The number of benzene rings is 1. The zero-order valence-corrected chi connectivity index (χ0v) is 13.7. The Bertz CT molecular complexity index is 535. The number of carbonyl (C=O) groups is 2. The Morgan fingerprint density at radius 3 is 2.36 bits per heavy atom. The van der Waals surface area contributed by atoms with Gasteiger partial charge in [0.25, 0.3) is 0 Å². The number of ether oxygens (including phenoxy) is 1. The van der Waals surface area contributed by atoms with Gasteiger partial charge in [0.05, 0.1) is 12.0 Å². The molecule has 0 bridgehead atoms.